The van der Waals surface area contributed by atoms with Gasteiger partial charge in [0.2, 0.25) is 0 Å². The average Bonchev–Trinajstić information content (AvgIpc) is 2.89. The van der Waals surface area contributed by atoms with Crippen LogP contribution in [0.1, 0.15) is 17.5 Å². The zero-order valence-electron chi connectivity index (χ0n) is 12.0. The number of rotatable bonds is 5. The number of ether oxygens (including phenoxy) is 1. The number of hydrogen-bond donors (Lipinski definition) is 1. The second kappa shape index (κ2) is 6.14. The fraction of sp³-hybridized carbons (Fsp3) is 0.235. The van der Waals surface area contributed by atoms with Crippen LogP contribution in [0.3, 0.4) is 0 Å². The van der Waals surface area contributed by atoms with E-state index in [0.717, 1.165) is 34.8 Å². The van der Waals surface area contributed by atoms with Gasteiger partial charge in [0, 0.05) is 12.1 Å². The predicted molar refractivity (Wildman–Crippen MR) is 89.1 cm³/mol. The van der Waals surface area contributed by atoms with E-state index < -0.39 is 0 Å². The molecule has 0 saturated heterocycles. The molecule has 0 aliphatic rings. The van der Waals surface area contributed by atoms with Gasteiger partial charge in [0.25, 0.3) is 0 Å². The van der Waals surface area contributed by atoms with E-state index in [1.165, 1.54) is 10.3 Å². The van der Waals surface area contributed by atoms with Gasteiger partial charge in [-0.3, -0.25) is 0 Å². The number of thiazole rings is 1. The van der Waals surface area contributed by atoms with E-state index >= 15 is 0 Å². The maximum atomic E-state index is 5.70. The van der Waals surface area contributed by atoms with Crippen LogP contribution in [-0.2, 0) is 12.8 Å². The molecule has 3 nitrogen and oxygen atoms in total. The van der Waals surface area contributed by atoms with Crippen molar-refractivity contribution in [2.24, 2.45) is 0 Å². The molecule has 2 N–H and O–H groups in total. The Hall–Kier alpha value is -2.07. The molecule has 0 aliphatic carbocycles. The van der Waals surface area contributed by atoms with Crippen molar-refractivity contribution in [1.29, 1.82) is 0 Å². The second-order valence-electron chi connectivity index (χ2n) is 4.91. The smallest absolute Gasteiger partial charge is 0.120 e. The lowest BCUT2D eigenvalue weighted by Gasteiger charge is -2.00. The fourth-order valence-corrected chi connectivity index (χ4v) is 3.25. The number of nitrogens with two attached hydrogens (primary N) is 1. The van der Waals surface area contributed by atoms with E-state index in [2.05, 4.69) is 23.2 Å². The van der Waals surface area contributed by atoms with Crippen LogP contribution in [0.25, 0.3) is 10.2 Å². The van der Waals surface area contributed by atoms with Crippen molar-refractivity contribution in [1.82, 2.24) is 4.98 Å². The zero-order chi connectivity index (χ0) is 14.7. The first-order valence-corrected chi connectivity index (χ1v) is 7.93. The quantitative estimate of drug-likeness (QED) is 0.723. The van der Waals surface area contributed by atoms with E-state index in [1.54, 1.807) is 11.3 Å². The maximum Gasteiger partial charge on any atom is 0.120 e. The number of nitrogen functional groups attached to an aromatic ring is 1. The van der Waals surface area contributed by atoms with Gasteiger partial charge in [-0.1, -0.05) is 12.1 Å². The van der Waals surface area contributed by atoms with Gasteiger partial charge < -0.3 is 10.5 Å². The van der Waals surface area contributed by atoms with E-state index in [0.29, 0.717) is 6.61 Å². The Morgan fingerprint density at radius 2 is 1.90 bits per heavy atom. The van der Waals surface area contributed by atoms with Crippen molar-refractivity contribution in [2.75, 3.05) is 12.3 Å². The zero-order valence-corrected chi connectivity index (χ0v) is 12.8. The van der Waals surface area contributed by atoms with Crippen LogP contribution in [0.5, 0.6) is 5.75 Å². The first-order valence-electron chi connectivity index (χ1n) is 7.11. The molecule has 0 atom stereocenters. The van der Waals surface area contributed by atoms with Gasteiger partial charge >= 0.3 is 0 Å². The standard InChI is InChI=1S/C17H18N2OS/c1-2-20-14-8-9-15-16(11-14)21-17(19-15)10-5-12-3-6-13(18)7-4-12/h3-4,6-9,11H,2,5,10,18H2,1H3. The molecule has 3 rings (SSSR count). The highest BCUT2D eigenvalue weighted by atomic mass is 32.1. The van der Waals surface area contributed by atoms with Crippen LogP contribution >= 0.6 is 11.3 Å². The van der Waals surface area contributed by atoms with E-state index in [1.807, 2.05) is 31.2 Å². The molecule has 1 aromatic heterocycles. The summed E-state index contributed by atoms with van der Waals surface area (Å²) in [6.07, 6.45) is 1.94. The number of anilines is 1. The van der Waals surface area contributed by atoms with Crippen LogP contribution in [0.15, 0.2) is 42.5 Å². The highest BCUT2D eigenvalue weighted by molar-refractivity contribution is 7.18. The molecule has 1 heterocycles. The van der Waals surface area contributed by atoms with Gasteiger partial charge in [0.1, 0.15) is 5.75 Å². The van der Waals surface area contributed by atoms with Crippen molar-refractivity contribution in [3.63, 3.8) is 0 Å². The normalized spacial score (nSPS) is 10.9. The third-order valence-electron chi connectivity index (χ3n) is 3.32. The monoisotopic (exact) mass is 298 g/mol. The number of fused-ring (bicyclic) bond motifs is 1. The summed E-state index contributed by atoms with van der Waals surface area (Å²) in [4.78, 5) is 4.68. The summed E-state index contributed by atoms with van der Waals surface area (Å²) in [6, 6.07) is 14.1. The number of aromatic nitrogens is 1. The molecule has 0 aliphatic heterocycles. The third kappa shape index (κ3) is 3.34. The molecule has 0 spiro atoms. The lowest BCUT2D eigenvalue weighted by Crippen LogP contribution is -1.91. The van der Waals surface area contributed by atoms with Gasteiger partial charge in [0.05, 0.1) is 21.8 Å². The third-order valence-corrected chi connectivity index (χ3v) is 4.40. The Balaban J connectivity index is 1.73. The molecule has 0 unspecified atom stereocenters. The summed E-state index contributed by atoms with van der Waals surface area (Å²) in [7, 11) is 0. The molecular weight excluding hydrogens is 280 g/mol. The van der Waals surface area contributed by atoms with Gasteiger partial charge in [-0.15, -0.1) is 11.3 Å². The highest BCUT2D eigenvalue weighted by Gasteiger charge is 2.05. The SMILES string of the molecule is CCOc1ccc2nc(CCc3ccc(N)cc3)sc2c1. The fourth-order valence-electron chi connectivity index (χ4n) is 2.25. The molecule has 0 saturated carbocycles. The first kappa shape index (κ1) is 13.9. The molecule has 3 aromatic rings. The number of nitrogens with zero attached hydrogens (tertiary/aromatic N) is 1. The minimum absolute atomic E-state index is 0.689. The van der Waals surface area contributed by atoms with Gasteiger partial charge in [0.15, 0.2) is 0 Å². The first-order chi connectivity index (χ1) is 10.2. The molecule has 2 aromatic carbocycles. The number of hydrogen-bond acceptors (Lipinski definition) is 4. The largest absolute Gasteiger partial charge is 0.494 e. The van der Waals surface area contributed by atoms with E-state index in [4.69, 9.17) is 10.5 Å². The van der Waals surface area contributed by atoms with Crippen molar-refractivity contribution in [2.45, 2.75) is 19.8 Å². The summed E-state index contributed by atoms with van der Waals surface area (Å²) in [6.45, 7) is 2.68. The van der Waals surface area contributed by atoms with Crippen LogP contribution in [0.2, 0.25) is 0 Å². The van der Waals surface area contributed by atoms with E-state index in [-0.39, 0.29) is 0 Å². The molecule has 0 radical (unpaired) electrons. The van der Waals surface area contributed by atoms with Crippen LogP contribution < -0.4 is 10.5 Å². The summed E-state index contributed by atoms with van der Waals surface area (Å²) >= 11 is 1.74. The highest BCUT2D eigenvalue weighted by Crippen LogP contribution is 2.27. The molecule has 0 amide bonds. The minimum atomic E-state index is 0.689. The van der Waals surface area contributed by atoms with Crippen LogP contribution in [0, 0.1) is 0 Å². The Labute approximate surface area is 128 Å². The summed E-state index contributed by atoms with van der Waals surface area (Å²) in [5.74, 6) is 0.915. The molecule has 4 heteroatoms. The summed E-state index contributed by atoms with van der Waals surface area (Å²) < 4.78 is 6.72. The topological polar surface area (TPSA) is 48.1 Å². The molecular formula is C17H18N2OS. The van der Waals surface area contributed by atoms with Crippen molar-refractivity contribution in [3.05, 3.63) is 53.0 Å². The van der Waals surface area contributed by atoms with Crippen LogP contribution in [0.4, 0.5) is 5.69 Å². The molecule has 0 fully saturated rings. The molecule has 0 bridgehead atoms. The summed E-state index contributed by atoms with van der Waals surface area (Å²) in [5.41, 5.74) is 8.85. The molecule has 21 heavy (non-hydrogen) atoms. The minimum Gasteiger partial charge on any atom is -0.494 e. The van der Waals surface area contributed by atoms with Gasteiger partial charge in [-0.05, 0) is 49.2 Å². The van der Waals surface area contributed by atoms with Crippen molar-refractivity contribution in [3.8, 4) is 5.75 Å². The Kier molecular flexibility index (Phi) is 4.06. The van der Waals surface area contributed by atoms with E-state index in [9.17, 15) is 0 Å². The second-order valence-corrected chi connectivity index (χ2v) is 6.03. The summed E-state index contributed by atoms with van der Waals surface area (Å²) in [5, 5.41) is 1.16. The van der Waals surface area contributed by atoms with Crippen molar-refractivity contribution >= 4 is 27.2 Å². The Morgan fingerprint density at radius 3 is 2.67 bits per heavy atom. The molecule has 108 valence electrons. The van der Waals surface area contributed by atoms with Crippen LogP contribution in [-0.4, -0.2) is 11.6 Å². The van der Waals surface area contributed by atoms with Gasteiger partial charge in [-0.2, -0.15) is 0 Å². The van der Waals surface area contributed by atoms with Gasteiger partial charge in [-0.25, -0.2) is 4.98 Å². The maximum absolute atomic E-state index is 5.70. The average molecular weight is 298 g/mol. The lowest BCUT2D eigenvalue weighted by atomic mass is 10.1. The lowest BCUT2D eigenvalue weighted by molar-refractivity contribution is 0.341. The number of benzene rings is 2. The van der Waals surface area contributed by atoms with Crippen molar-refractivity contribution < 1.29 is 4.74 Å². The number of aryl methyl sites for hydroxylation is 2. The Morgan fingerprint density at radius 1 is 1.10 bits per heavy atom. The Bertz CT molecular complexity index is 734. The predicted octanol–water partition coefficient (Wildman–Crippen LogP) is 4.06.